The standard InChI is InChI=1S/C21H29N4O4/c1-5-22-13-18(26)10-20-21(22)24-15-25(28-3,29-4)14-17(24)12-23(20)11-16-6-8-19(27-2)9-7-16/h6-9,12H,5,10-11,13-15H2,1-4H3/q+1. The first kappa shape index (κ1) is 19.8. The molecule has 0 aromatic heterocycles. The van der Waals surface area contributed by atoms with Crippen molar-refractivity contribution in [2.75, 3.05) is 47.6 Å². The van der Waals surface area contributed by atoms with Crippen LogP contribution in [-0.2, 0) is 21.0 Å². The van der Waals surface area contributed by atoms with E-state index in [9.17, 15) is 4.79 Å². The Morgan fingerprint density at radius 3 is 2.45 bits per heavy atom. The van der Waals surface area contributed by atoms with Crippen LogP contribution >= 0.6 is 0 Å². The summed E-state index contributed by atoms with van der Waals surface area (Å²) in [4.78, 5) is 30.5. The molecular weight excluding hydrogens is 372 g/mol. The van der Waals surface area contributed by atoms with Gasteiger partial charge < -0.3 is 14.5 Å². The second-order valence-corrected chi connectivity index (χ2v) is 7.50. The number of hydrogen-bond donors (Lipinski definition) is 0. The van der Waals surface area contributed by atoms with Gasteiger partial charge in [0, 0.05) is 19.3 Å². The van der Waals surface area contributed by atoms with Crippen molar-refractivity contribution in [1.82, 2.24) is 14.7 Å². The molecule has 0 saturated carbocycles. The Balaban J connectivity index is 1.72. The smallest absolute Gasteiger partial charge is 0.223 e. The lowest BCUT2D eigenvalue weighted by molar-refractivity contribution is -1.24. The average Bonchev–Trinajstić information content (AvgIpc) is 3.13. The number of carbonyl (C=O) groups is 1. The van der Waals surface area contributed by atoms with Gasteiger partial charge in [-0.25, -0.2) is 0 Å². The van der Waals surface area contributed by atoms with Crippen molar-refractivity contribution in [2.45, 2.75) is 19.9 Å². The molecule has 8 nitrogen and oxygen atoms in total. The first-order valence-corrected chi connectivity index (χ1v) is 9.88. The van der Waals surface area contributed by atoms with E-state index in [0.717, 1.165) is 35.1 Å². The lowest BCUT2D eigenvalue weighted by atomic mass is 10.1. The molecule has 1 aromatic rings. The summed E-state index contributed by atoms with van der Waals surface area (Å²) in [6.07, 6.45) is 2.57. The van der Waals surface area contributed by atoms with E-state index in [2.05, 4.69) is 40.0 Å². The lowest BCUT2D eigenvalue weighted by Gasteiger charge is -2.42. The van der Waals surface area contributed by atoms with Crippen molar-refractivity contribution >= 4 is 5.78 Å². The normalized spacial score (nSPS) is 20.6. The number of rotatable bonds is 6. The van der Waals surface area contributed by atoms with Gasteiger partial charge in [0.15, 0.2) is 12.3 Å². The van der Waals surface area contributed by atoms with Gasteiger partial charge in [0.05, 0.1) is 40.0 Å². The highest BCUT2D eigenvalue weighted by Gasteiger charge is 2.49. The Labute approximate surface area is 171 Å². The molecule has 1 fully saturated rings. The van der Waals surface area contributed by atoms with Gasteiger partial charge in [-0.3, -0.25) is 9.69 Å². The fourth-order valence-corrected chi connectivity index (χ4v) is 4.26. The van der Waals surface area contributed by atoms with Crippen molar-refractivity contribution in [3.8, 4) is 5.75 Å². The molecule has 1 aromatic carbocycles. The highest BCUT2D eigenvalue weighted by molar-refractivity contribution is 5.84. The van der Waals surface area contributed by atoms with Gasteiger partial charge in [-0.1, -0.05) is 12.1 Å². The number of fused-ring (bicyclic) bond motifs is 2. The van der Waals surface area contributed by atoms with Gasteiger partial charge in [-0.15, -0.1) is 0 Å². The average molecular weight is 401 g/mol. The largest absolute Gasteiger partial charge is 0.497 e. The predicted molar refractivity (Wildman–Crippen MR) is 106 cm³/mol. The van der Waals surface area contributed by atoms with Crippen LogP contribution in [-0.4, -0.2) is 72.9 Å². The van der Waals surface area contributed by atoms with Gasteiger partial charge in [0.25, 0.3) is 0 Å². The molecule has 0 radical (unpaired) electrons. The van der Waals surface area contributed by atoms with Crippen molar-refractivity contribution < 1.29 is 24.0 Å². The number of nitrogens with zero attached hydrogens (tertiary/aromatic N) is 4. The fraction of sp³-hybridized carbons (Fsp3) is 0.476. The summed E-state index contributed by atoms with van der Waals surface area (Å²) in [6.45, 7) is 5.14. The van der Waals surface area contributed by atoms with Crippen LogP contribution in [0.1, 0.15) is 18.9 Å². The van der Waals surface area contributed by atoms with Gasteiger partial charge in [-0.2, -0.15) is 9.68 Å². The van der Waals surface area contributed by atoms with E-state index in [4.69, 9.17) is 14.4 Å². The van der Waals surface area contributed by atoms with E-state index in [1.807, 2.05) is 12.1 Å². The van der Waals surface area contributed by atoms with Crippen LogP contribution in [0.3, 0.4) is 0 Å². The summed E-state index contributed by atoms with van der Waals surface area (Å²) in [5, 5.41) is 0. The molecule has 0 spiro atoms. The number of hydroxylamine groups is 4. The minimum atomic E-state index is 0.0739. The molecule has 4 rings (SSSR count). The quantitative estimate of drug-likeness (QED) is 0.676. The molecular formula is C21H29N4O4+. The summed E-state index contributed by atoms with van der Waals surface area (Å²) in [6, 6.07) is 8.05. The Morgan fingerprint density at radius 2 is 1.83 bits per heavy atom. The minimum Gasteiger partial charge on any atom is -0.497 e. The maximum Gasteiger partial charge on any atom is 0.223 e. The lowest BCUT2D eigenvalue weighted by Crippen LogP contribution is -2.48. The molecule has 0 amide bonds. The number of hydrogen-bond acceptors (Lipinski definition) is 7. The molecule has 3 heterocycles. The molecule has 0 N–H and O–H groups in total. The fourth-order valence-electron chi connectivity index (χ4n) is 4.26. The molecule has 3 aliphatic rings. The molecule has 29 heavy (non-hydrogen) atoms. The number of methoxy groups -OCH3 is 1. The van der Waals surface area contributed by atoms with Crippen LogP contribution < -0.4 is 4.74 Å². The zero-order chi connectivity index (χ0) is 20.6. The zero-order valence-electron chi connectivity index (χ0n) is 17.6. The summed E-state index contributed by atoms with van der Waals surface area (Å²) in [7, 11) is 4.99. The van der Waals surface area contributed by atoms with Crippen LogP contribution in [0.5, 0.6) is 5.75 Å². The van der Waals surface area contributed by atoms with E-state index in [1.54, 1.807) is 21.3 Å². The van der Waals surface area contributed by atoms with E-state index in [1.165, 1.54) is 0 Å². The number of likely N-dealkylation sites (N-methyl/N-ethyl adjacent to an activating group) is 1. The van der Waals surface area contributed by atoms with Gasteiger partial charge >= 0.3 is 0 Å². The Bertz CT molecular complexity index is 845. The maximum absolute atomic E-state index is 12.5. The summed E-state index contributed by atoms with van der Waals surface area (Å²) >= 11 is 0. The molecule has 1 saturated heterocycles. The van der Waals surface area contributed by atoms with Crippen LogP contribution in [0.15, 0.2) is 47.7 Å². The Kier molecular flexibility index (Phi) is 5.24. The van der Waals surface area contributed by atoms with Crippen molar-refractivity contribution in [3.63, 3.8) is 0 Å². The molecule has 156 valence electrons. The molecule has 0 unspecified atom stereocenters. The van der Waals surface area contributed by atoms with Crippen LogP contribution in [0.2, 0.25) is 0 Å². The highest BCUT2D eigenvalue weighted by atomic mass is 17.0. The zero-order valence-corrected chi connectivity index (χ0v) is 17.6. The van der Waals surface area contributed by atoms with Crippen molar-refractivity contribution in [2.24, 2.45) is 0 Å². The van der Waals surface area contributed by atoms with E-state index in [0.29, 0.717) is 32.7 Å². The van der Waals surface area contributed by atoms with Gasteiger partial charge in [0.1, 0.15) is 17.3 Å². The first-order chi connectivity index (χ1) is 14.0. The number of benzene rings is 1. The maximum atomic E-state index is 12.5. The van der Waals surface area contributed by atoms with E-state index < -0.39 is 0 Å². The molecule has 8 heteroatoms. The second kappa shape index (κ2) is 7.70. The van der Waals surface area contributed by atoms with E-state index >= 15 is 0 Å². The topological polar surface area (TPSA) is 54.5 Å². The summed E-state index contributed by atoms with van der Waals surface area (Å²) in [5.74, 6) is 2.16. The Morgan fingerprint density at radius 1 is 1.10 bits per heavy atom. The minimum absolute atomic E-state index is 0.0739. The van der Waals surface area contributed by atoms with E-state index in [-0.39, 0.29) is 10.6 Å². The predicted octanol–water partition coefficient (Wildman–Crippen LogP) is 2.03. The van der Waals surface area contributed by atoms with Gasteiger partial charge in [0.2, 0.25) is 6.67 Å². The van der Waals surface area contributed by atoms with Gasteiger partial charge in [-0.05, 0) is 29.4 Å². The molecule has 0 atom stereocenters. The molecule has 3 aliphatic heterocycles. The Hall–Kier alpha value is -2.55. The highest BCUT2D eigenvalue weighted by Crippen LogP contribution is 2.39. The third-order valence-corrected chi connectivity index (χ3v) is 5.86. The monoisotopic (exact) mass is 401 g/mol. The third kappa shape index (κ3) is 3.48. The third-order valence-electron chi connectivity index (χ3n) is 5.86. The van der Waals surface area contributed by atoms with Crippen molar-refractivity contribution in [1.29, 1.82) is 0 Å². The molecule has 0 aliphatic carbocycles. The number of quaternary nitrogens is 1. The number of carbonyl (C=O) groups excluding carboxylic acids is 1. The second-order valence-electron chi connectivity index (χ2n) is 7.50. The number of Topliss-reactive ketones (excluding diaryl/α,β-unsaturated/α-hetero) is 1. The number of ether oxygens (including phenoxy) is 1. The summed E-state index contributed by atoms with van der Waals surface area (Å²) < 4.78 is 5.27. The van der Waals surface area contributed by atoms with Crippen LogP contribution in [0, 0.1) is 0 Å². The van der Waals surface area contributed by atoms with Crippen LogP contribution in [0.25, 0.3) is 0 Å². The molecule has 0 bridgehead atoms. The van der Waals surface area contributed by atoms with Crippen molar-refractivity contribution in [3.05, 3.63) is 53.2 Å². The SMILES string of the molecule is CCN1CC(=O)CC2=C1N1C[N+](OC)(OC)CC1=CN2Cc1ccc(OC)cc1. The summed E-state index contributed by atoms with van der Waals surface area (Å²) in [5.41, 5.74) is 3.31. The number of allylic oxidation sites excluding steroid dienone is 1. The van der Waals surface area contributed by atoms with Crippen LogP contribution in [0.4, 0.5) is 0 Å². The first-order valence-electron chi connectivity index (χ1n) is 9.88. The number of ketones is 1.